The van der Waals surface area contributed by atoms with Crippen LogP contribution in [0.25, 0.3) is 0 Å². The molecule has 0 rings (SSSR count). The van der Waals surface area contributed by atoms with E-state index in [2.05, 4.69) is 12.6 Å². The molecule has 0 aromatic carbocycles. The van der Waals surface area contributed by atoms with Crippen LogP contribution in [0.2, 0.25) is 0 Å². The van der Waals surface area contributed by atoms with Gasteiger partial charge in [0.25, 0.3) is 0 Å². The van der Waals surface area contributed by atoms with E-state index in [1.807, 2.05) is 0 Å². The third-order valence-corrected chi connectivity index (χ3v) is 1.94. The molecule has 0 radical (unpaired) electrons. The van der Waals surface area contributed by atoms with Crippen molar-refractivity contribution in [3.8, 4) is 0 Å². The van der Waals surface area contributed by atoms with Crippen molar-refractivity contribution in [3.63, 3.8) is 0 Å². The van der Waals surface area contributed by atoms with Crippen molar-refractivity contribution in [1.29, 1.82) is 0 Å². The molecule has 68 valence electrons. The summed E-state index contributed by atoms with van der Waals surface area (Å²) >= 11 is 4.10. The van der Waals surface area contributed by atoms with Gasteiger partial charge < -0.3 is 10.2 Å². The Balaban J connectivity index is 2.80. The van der Waals surface area contributed by atoms with Crippen molar-refractivity contribution in [2.45, 2.75) is 44.8 Å². The first-order chi connectivity index (χ1) is 5.27. The number of aliphatic hydroxyl groups is 2. The van der Waals surface area contributed by atoms with Crippen LogP contribution >= 0.6 is 12.6 Å². The molecule has 0 aliphatic rings. The van der Waals surface area contributed by atoms with Gasteiger partial charge >= 0.3 is 0 Å². The summed E-state index contributed by atoms with van der Waals surface area (Å²) < 4.78 is 0. The highest BCUT2D eigenvalue weighted by atomic mass is 32.1. The van der Waals surface area contributed by atoms with Crippen molar-refractivity contribution < 1.29 is 10.2 Å². The van der Waals surface area contributed by atoms with Gasteiger partial charge in [-0.25, -0.2) is 0 Å². The van der Waals surface area contributed by atoms with E-state index in [9.17, 15) is 0 Å². The Morgan fingerprint density at radius 2 is 1.45 bits per heavy atom. The Labute approximate surface area is 74.0 Å². The number of thiol groups is 1. The zero-order valence-electron chi connectivity index (χ0n) is 6.87. The van der Waals surface area contributed by atoms with Crippen LogP contribution in [0, 0.1) is 0 Å². The van der Waals surface area contributed by atoms with Gasteiger partial charge in [0, 0.05) is 0 Å². The van der Waals surface area contributed by atoms with Gasteiger partial charge in [-0.15, -0.1) is 0 Å². The summed E-state index contributed by atoms with van der Waals surface area (Å²) in [6, 6.07) is 0. The van der Waals surface area contributed by atoms with E-state index in [1.165, 1.54) is 19.3 Å². The fourth-order valence-corrected chi connectivity index (χ4v) is 1.19. The second kappa shape index (κ2) is 8.37. The van der Waals surface area contributed by atoms with Crippen LogP contribution in [0.3, 0.4) is 0 Å². The van der Waals surface area contributed by atoms with E-state index < -0.39 is 6.29 Å². The average molecular weight is 178 g/mol. The molecule has 0 fully saturated rings. The SMILES string of the molecule is OC(O)CCCCCCCS. The molecule has 0 aliphatic carbocycles. The molecule has 0 amide bonds. The van der Waals surface area contributed by atoms with Crippen molar-refractivity contribution in [1.82, 2.24) is 0 Å². The van der Waals surface area contributed by atoms with E-state index in [-0.39, 0.29) is 0 Å². The van der Waals surface area contributed by atoms with Gasteiger partial charge in [-0.3, -0.25) is 0 Å². The predicted octanol–water partition coefficient (Wildman–Crippen LogP) is 1.57. The molecule has 11 heavy (non-hydrogen) atoms. The quantitative estimate of drug-likeness (QED) is 0.314. The first-order valence-corrected chi connectivity index (χ1v) is 4.87. The molecule has 2 N–H and O–H groups in total. The van der Waals surface area contributed by atoms with Crippen molar-refractivity contribution >= 4 is 12.6 Å². The standard InChI is InChI=1S/C8H18O2S/c9-8(10)6-4-2-1-3-5-7-11/h8-11H,1-7H2. The van der Waals surface area contributed by atoms with Crippen LogP contribution in [0.1, 0.15) is 38.5 Å². The number of aliphatic hydroxyl groups excluding tert-OH is 1. The minimum absolute atomic E-state index is 0.515. The summed E-state index contributed by atoms with van der Waals surface area (Å²) in [6.07, 6.45) is 5.00. The number of hydrogen-bond acceptors (Lipinski definition) is 3. The Hall–Kier alpha value is 0.270. The highest BCUT2D eigenvalue weighted by Gasteiger charge is 1.95. The smallest absolute Gasteiger partial charge is 0.151 e. The highest BCUT2D eigenvalue weighted by Crippen LogP contribution is 2.06. The molecular formula is C8H18O2S. The maximum atomic E-state index is 8.50. The van der Waals surface area contributed by atoms with Crippen LogP contribution in [0.5, 0.6) is 0 Å². The molecule has 0 saturated carbocycles. The number of unbranched alkanes of at least 4 members (excludes halogenated alkanes) is 4. The van der Waals surface area contributed by atoms with Gasteiger partial charge in [0.1, 0.15) is 0 Å². The lowest BCUT2D eigenvalue weighted by atomic mass is 10.1. The topological polar surface area (TPSA) is 40.5 Å². The maximum Gasteiger partial charge on any atom is 0.151 e. The third-order valence-electron chi connectivity index (χ3n) is 1.62. The Morgan fingerprint density at radius 1 is 0.909 bits per heavy atom. The van der Waals surface area contributed by atoms with Crippen LogP contribution < -0.4 is 0 Å². The zero-order valence-corrected chi connectivity index (χ0v) is 7.76. The molecule has 0 saturated heterocycles. The molecule has 2 nitrogen and oxygen atoms in total. The molecule has 0 aromatic rings. The van der Waals surface area contributed by atoms with Gasteiger partial charge in [-0.2, -0.15) is 12.6 Å². The summed E-state index contributed by atoms with van der Waals surface area (Å²) in [5.74, 6) is 0.961. The van der Waals surface area contributed by atoms with Crippen molar-refractivity contribution in [2.75, 3.05) is 5.75 Å². The molecule has 3 heteroatoms. The normalized spacial score (nSPS) is 10.9. The van der Waals surface area contributed by atoms with Crippen LogP contribution in [0.15, 0.2) is 0 Å². The second-order valence-electron chi connectivity index (χ2n) is 2.76. The van der Waals surface area contributed by atoms with Gasteiger partial charge in [0.15, 0.2) is 6.29 Å². The van der Waals surface area contributed by atoms with Gasteiger partial charge in [0.05, 0.1) is 0 Å². The molecule has 0 aliphatic heterocycles. The Bertz CT molecular complexity index is 76.5. The minimum atomic E-state index is -1.11. The molecule has 0 spiro atoms. The van der Waals surface area contributed by atoms with Gasteiger partial charge in [-0.1, -0.05) is 19.3 Å². The Kier molecular flexibility index (Phi) is 8.57. The highest BCUT2D eigenvalue weighted by molar-refractivity contribution is 7.80. The first kappa shape index (κ1) is 11.3. The molecule has 0 atom stereocenters. The van der Waals surface area contributed by atoms with E-state index in [4.69, 9.17) is 10.2 Å². The number of rotatable bonds is 7. The van der Waals surface area contributed by atoms with Crippen molar-refractivity contribution in [3.05, 3.63) is 0 Å². The van der Waals surface area contributed by atoms with E-state index in [1.54, 1.807) is 0 Å². The maximum absolute atomic E-state index is 8.50. The third kappa shape index (κ3) is 10.3. The molecule has 0 unspecified atom stereocenters. The van der Waals surface area contributed by atoms with Gasteiger partial charge in [0.2, 0.25) is 0 Å². The van der Waals surface area contributed by atoms with Crippen LogP contribution in [0.4, 0.5) is 0 Å². The summed E-state index contributed by atoms with van der Waals surface area (Å²) in [7, 11) is 0. The first-order valence-electron chi connectivity index (χ1n) is 4.24. The number of hydrogen-bond donors (Lipinski definition) is 3. The fraction of sp³-hybridized carbons (Fsp3) is 1.00. The lowest BCUT2D eigenvalue weighted by Gasteiger charge is -2.02. The van der Waals surface area contributed by atoms with E-state index >= 15 is 0 Å². The summed E-state index contributed by atoms with van der Waals surface area (Å²) in [5.41, 5.74) is 0. The monoisotopic (exact) mass is 178 g/mol. The minimum Gasteiger partial charge on any atom is -0.368 e. The Morgan fingerprint density at radius 3 is 2.00 bits per heavy atom. The van der Waals surface area contributed by atoms with E-state index in [0.29, 0.717) is 6.42 Å². The average Bonchev–Trinajstić information content (AvgIpc) is 1.96. The van der Waals surface area contributed by atoms with Crippen LogP contribution in [-0.4, -0.2) is 22.3 Å². The molecule has 0 aromatic heterocycles. The van der Waals surface area contributed by atoms with Gasteiger partial charge in [-0.05, 0) is 25.0 Å². The lowest BCUT2D eigenvalue weighted by molar-refractivity contribution is -0.0465. The molecular weight excluding hydrogens is 160 g/mol. The fourth-order valence-electron chi connectivity index (χ4n) is 0.969. The summed E-state index contributed by atoms with van der Waals surface area (Å²) in [5, 5.41) is 17.0. The molecule has 0 bridgehead atoms. The second-order valence-corrected chi connectivity index (χ2v) is 3.21. The zero-order chi connectivity index (χ0) is 8.53. The van der Waals surface area contributed by atoms with Crippen molar-refractivity contribution in [2.24, 2.45) is 0 Å². The lowest BCUT2D eigenvalue weighted by Crippen LogP contribution is -2.02. The predicted molar refractivity (Wildman–Crippen MR) is 49.8 cm³/mol. The summed E-state index contributed by atoms with van der Waals surface area (Å²) in [4.78, 5) is 0. The summed E-state index contributed by atoms with van der Waals surface area (Å²) in [6.45, 7) is 0. The van der Waals surface area contributed by atoms with Crippen LogP contribution in [-0.2, 0) is 0 Å². The van der Waals surface area contributed by atoms with E-state index in [0.717, 1.165) is 18.6 Å². The largest absolute Gasteiger partial charge is 0.368 e. The molecule has 0 heterocycles.